The Balaban J connectivity index is 2.85. The molecule has 0 fully saturated rings. The molecule has 0 radical (unpaired) electrons. The molecule has 0 bridgehead atoms. The fourth-order valence-electron chi connectivity index (χ4n) is 1.26. The van der Waals surface area contributed by atoms with Crippen LogP contribution in [0.4, 0.5) is 0 Å². The lowest BCUT2D eigenvalue weighted by atomic mass is 10.4. The Labute approximate surface area is 105 Å². The van der Waals surface area contributed by atoms with Crippen LogP contribution in [0, 0.1) is 6.92 Å². The molecule has 0 aliphatic heterocycles. The quantitative estimate of drug-likeness (QED) is 0.810. The average Bonchev–Trinajstić information content (AvgIpc) is 2.68. The second-order valence-corrected chi connectivity index (χ2v) is 6.77. The highest BCUT2D eigenvalue weighted by Crippen LogP contribution is 2.25. The van der Waals surface area contributed by atoms with E-state index in [1.165, 1.54) is 24.5 Å². The number of aliphatic hydroxyl groups is 1. The van der Waals surface area contributed by atoms with Crippen LogP contribution in [0.5, 0.6) is 0 Å². The van der Waals surface area contributed by atoms with Gasteiger partial charge < -0.3 is 9.84 Å². The molecule has 1 unspecified atom stereocenters. The first-order valence-corrected chi connectivity index (χ1v) is 7.43. The fraction of sp³-hybridized carbons (Fsp3) is 0.600. The minimum absolute atomic E-state index is 0.143. The van der Waals surface area contributed by atoms with Crippen LogP contribution in [0.1, 0.15) is 16.7 Å². The first kappa shape index (κ1) is 14.6. The summed E-state index contributed by atoms with van der Waals surface area (Å²) in [6.07, 6.45) is -0.180. The van der Waals surface area contributed by atoms with Gasteiger partial charge in [-0.15, -0.1) is 11.3 Å². The van der Waals surface area contributed by atoms with Gasteiger partial charge in [-0.3, -0.25) is 0 Å². The molecule has 2 N–H and O–H groups in total. The molecular weight excluding hydrogens is 262 g/mol. The minimum Gasteiger partial charge on any atom is -0.391 e. The van der Waals surface area contributed by atoms with Gasteiger partial charge in [0, 0.05) is 23.4 Å². The highest BCUT2D eigenvalue weighted by molar-refractivity contribution is 7.89. The molecule has 1 atom stereocenters. The number of ether oxygens (including phenoxy) is 1. The number of aryl methyl sites for hydroxylation is 1. The van der Waals surface area contributed by atoms with Crippen molar-refractivity contribution in [3.8, 4) is 0 Å². The fourth-order valence-corrected chi connectivity index (χ4v) is 3.87. The third kappa shape index (κ3) is 3.75. The van der Waals surface area contributed by atoms with Gasteiger partial charge in [0.15, 0.2) is 0 Å². The van der Waals surface area contributed by atoms with E-state index in [4.69, 9.17) is 9.84 Å². The topological polar surface area (TPSA) is 75.6 Å². The van der Waals surface area contributed by atoms with Crippen molar-refractivity contribution in [3.63, 3.8) is 0 Å². The highest BCUT2D eigenvalue weighted by Gasteiger charge is 2.20. The van der Waals surface area contributed by atoms with Gasteiger partial charge in [-0.05, 0) is 19.9 Å². The normalized spacial score (nSPS) is 13.9. The summed E-state index contributed by atoms with van der Waals surface area (Å²) in [4.78, 5) is 1.55. The lowest BCUT2D eigenvalue weighted by Gasteiger charge is -2.10. The molecule has 0 amide bonds. The first-order chi connectivity index (χ1) is 7.90. The summed E-state index contributed by atoms with van der Waals surface area (Å²) < 4.78 is 31.4. The number of methoxy groups -OCH3 is 1. The van der Waals surface area contributed by atoms with Crippen LogP contribution in [0.3, 0.4) is 0 Å². The van der Waals surface area contributed by atoms with E-state index < -0.39 is 10.0 Å². The van der Waals surface area contributed by atoms with Gasteiger partial charge in [-0.25, -0.2) is 13.1 Å². The maximum Gasteiger partial charge on any atom is 0.241 e. The van der Waals surface area contributed by atoms with Gasteiger partial charge in [0.05, 0.1) is 17.6 Å². The zero-order valence-corrected chi connectivity index (χ0v) is 11.7. The molecule has 0 saturated carbocycles. The van der Waals surface area contributed by atoms with E-state index in [1.807, 2.05) is 0 Å². The van der Waals surface area contributed by atoms with Crippen molar-refractivity contribution in [1.29, 1.82) is 0 Å². The van der Waals surface area contributed by atoms with E-state index in [2.05, 4.69) is 4.72 Å². The lowest BCUT2D eigenvalue weighted by molar-refractivity contribution is 0.122. The largest absolute Gasteiger partial charge is 0.391 e. The maximum absolute atomic E-state index is 12.0. The van der Waals surface area contributed by atoms with Crippen LogP contribution in [0.25, 0.3) is 0 Å². The van der Waals surface area contributed by atoms with Crippen molar-refractivity contribution in [1.82, 2.24) is 4.72 Å². The van der Waals surface area contributed by atoms with Crippen LogP contribution in [-0.4, -0.2) is 33.3 Å². The SMILES string of the molecule is COC(C)CNS(=O)(=O)c1cc(CO)sc1C. The summed E-state index contributed by atoms with van der Waals surface area (Å²) in [6.45, 7) is 3.58. The zero-order valence-electron chi connectivity index (χ0n) is 10.1. The Kier molecular flexibility index (Phi) is 5.08. The van der Waals surface area contributed by atoms with Gasteiger partial charge in [-0.2, -0.15) is 0 Å². The van der Waals surface area contributed by atoms with Gasteiger partial charge in [0.2, 0.25) is 10.0 Å². The molecule has 17 heavy (non-hydrogen) atoms. The molecule has 5 nitrogen and oxygen atoms in total. The molecule has 0 aliphatic rings. The zero-order chi connectivity index (χ0) is 13.1. The molecule has 1 heterocycles. The van der Waals surface area contributed by atoms with Crippen LogP contribution in [-0.2, 0) is 21.4 Å². The Morgan fingerprint density at radius 2 is 2.24 bits per heavy atom. The van der Waals surface area contributed by atoms with Crippen LogP contribution in [0.2, 0.25) is 0 Å². The van der Waals surface area contributed by atoms with Gasteiger partial charge in [0.1, 0.15) is 0 Å². The summed E-state index contributed by atoms with van der Waals surface area (Å²) in [5.74, 6) is 0. The average molecular weight is 279 g/mol. The number of thiophene rings is 1. The molecule has 1 rings (SSSR count). The Hall–Kier alpha value is -0.470. The van der Waals surface area contributed by atoms with E-state index >= 15 is 0 Å². The number of aliphatic hydroxyl groups excluding tert-OH is 1. The summed E-state index contributed by atoms with van der Waals surface area (Å²) in [7, 11) is -1.99. The van der Waals surface area contributed by atoms with Crippen LogP contribution < -0.4 is 4.72 Å². The summed E-state index contributed by atoms with van der Waals surface area (Å²) in [5, 5.41) is 8.97. The summed E-state index contributed by atoms with van der Waals surface area (Å²) >= 11 is 1.28. The van der Waals surface area contributed by atoms with Crippen molar-refractivity contribution in [3.05, 3.63) is 15.8 Å². The summed E-state index contributed by atoms with van der Waals surface area (Å²) in [6, 6.07) is 1.50. The number of hydrogen-bond donors (Lipinski definition) is 2. The first-order valence-electron chi connectivity index (χ1n) is 5.13. The van der Waals surface area contributed by atoms with Crippen LogP contribution >= 0.6 is 11.3 Å². The maximum atomic E-state index is 12.0. The predicted molar refractivity (Wildman–Crippen MR) is 66.6 cm³/mol. The molecule has 1 aromatic heterocycles. The van der Waals surface area contributed by atoms with Crippen molar-refractivity contribution in [2.75, 3.05) is 13.7 Å². The number of sulfonamides is 1. The van der Waals surface area contributed by atoms with E-state index in [9.17, 15) is 8.42 Å². The van der Waals surface area contributed by atoms with Gasteiger partial charge in [0.25, 0.3) is 0 Å². The van der Waals surface area contributed by atoms with E-state index in [0.29, 0.717) is 9.75 Å². The van der Waals surface area contributed by atoms with Gasteiger partial charge in [-0.1, -0.05) is 0 Å². The number of rotatable bonds is 6. The Morgan fingerprint density at radius 3 is 2.71 bits per heavy atom. The molecule has 7 heteroatoms. The number of hydrogen-bond acceptors (Lipinski definition) is 5. The van der Waals surface area contributed by atoms with Crippen LogP contribution in [0.15, 0.2) is 11.0 Å². The molecule has 0 aliphatic carbocycles. The molecule has 0 spiro atoms. The molecule has 1 aromatic rings. The Morgan fingerprint density at radius 1 is 1.59 bits per heavy atom. The minimum atomic E-state index is -3.52. The smallest absolute Gasteiger partial charge is 0.241 e. The second-order valence-electron chi connectivity index (χ2n) is 3.69. The third-order valence-electron chi connectivity index (χ3n) is 2.33. The van der Waals surface area contributed by atoms with Gasteiger partial charge >= 0.3 is 0 Å². The standard InChI is InChI=1S/C10H17NO4S2/c1-7(15-3)5-11-17(13,14)10-4-9(6-12)16-8(10)2/h4,7,11-12H,5-6H2,1-3H3. The monoisotopic (exact) mass is 279 g/mol. The van der Waals surface area contributed by atoms with E-state index in [0.717, 1.165) is 0 Å². The number of nitrogens with one attached hydrogen (secondary N) is 1. The van der Waals surface area contributed by atoms with Crippen molar-refractivity contribution in [2.45, 2.75) is 31.5 Å². The van der Waals surface area contributed by atoms with E-state index in [1.54, 1.807) is 13.8 Å². The van der Waals surface area contributed by atoms with Crippen molar-refractivity contribution in [2.24, 2.45) is 0 Å². The lowest BCUT2D eigenvalue weighted by Crippen LogP contribution is -2.31. The molecule has 0 saturated heterocycles. The van der Waals surface area contributed by atoms with Crippen molar-refractivity contribution < 1.29 is 18.3 Å². The highest BCUT2D eigenvalue weighted by atomic mass is 32.2. The second kappa shape index (κ2) is 5.92. The molecule has 0 aromatic carbocycles. The summed E-state index contributed by atoms with van der Waals surface area (Å²) in [5.41, 5.74) is 0. The van der Waals surface area contributed by atoms with E-state index in [-0.39, 0.29) is 24.2 Å². The Bertz CT molecular complexity index is 467. The molecular formula is C10H17NO4S2. The predicted octanol–water partition coefficient (Wildman–Crippen LogP) is 0.862. The van der Waals surface area contributed by atoms with Crippen molar-refractivity contribution >= 4 is 21.4 Å². The third-order valence-corrected chi connectivity index (χ3v) is 5.05. The molecule has 98 valence electrons.